The number of rotatable bonds is 4. The second kappa shape index (κ2) is 8.03. The first-order valence-corrected chi connectivity index (χ1v) is 10.8. The van der Waals surface area contributed by atoms with Crippen molar-refractivity contribution in [1.82, 2.24) is 24.4 Å². The molecule has 0 unspecified atom stereocenters. The summed E-state index contributed by atoms with van der Waals surface area (Å²) in [5, 5.41) is 7.19. The topological polar surface area (TPSA) is 94.7 Å². The predicted octanol–water partition coefficient (Wildman–Crippen LogP) is 4.05. The zero-order valence-corrected chi connectivity index (χ0v) is 18.3. The van der Waals surface area contributed by atoms with E-state index in [9.17, 15) is 9.59 Å². The molecule has 1 N–H and O–H groups in total. The highest BCUT2D eigenvalue weighted by Crippen LogP contribution is 2.30. The molecule has 0 spiro atoms. The smallest absolute Gasteiger partial charge is 0.267 e. The fourth-order valence-corrected chi connectivity index (χ4v) is 4.35. The number of amides is 1. The number of fused-ring (bicyclic) bond motifs is 1. The van der Waals surface area contributed by atoms with Gasteiger partial charge in [0.2, 0.25) is 5.82 Å². The van der Waals surface area contributed by atoms with Crippen molar-refractivity contribution in [2.24, 2.45) is 0 Å². The Balaban J connectivity index is 1.48. The summed E-state index contributed by atoms with van der Waals surface area (Å²) >= 11 is 7.31. The number of hydrogen-bond acceptors (Lipinski definition) is 6. The molecular formula is C22H15ClN6O2S. The van der Waals surface area contributed by atoms with Gasteiger partial charge in [0.15, 0.2) is 0 Å². The summed E-state index contributed by atoms with van der Waals surface area (Å²) in [6.45, 7) is 1.73. The van der Waals surface area contributed by atoms with Crippen molar-refractivity contribution in [2.45, 2.75) is 6.92 Å². The first kappa shape index (κ1) is 20.1. The third kappa shape index (κ3) is 3.57. The molecule has 0 saturated carbocycles. The van der Waals surface area contributed by atoms with Gasteiger partial charge in [-0.05, 0) is 36.8 Å². The maximum Gasteiger partial charge on any atom is 0.309 e. The number of carbonyl (C=O) groups is 1. The van der Waals surface area contributed by atoms with Crippen LogP contribution in [-0.2, 0) is 0 Å². The molecule has 0 fully saturated rings. The van der Waals surface area contributed by atoms with E-state index in [2.05, 4.69) is 20.5 Å². The predicted molar refractivity (Wildman–Crippen MR) is 124 cm³/mol. The van der Waals surface area contributed by atoms with Crippen LogP contribution in [0.5, 0.6) is 0 Å². The SMILES string of the molecule is Cc1nc(C(=O)Nn2cnc3scc(-c4ccccc4)c3c2=O)nn1-c1ccc(Cl)cc1. The second-order valence-electron chi connectivity index (χ2n) is 6.93. The molecule has 158 valence electrons. The van der Waals surface area contributed by atoms with Crippen molar-refractivity contribution < 1.29 is 4.79 Å². The number of nitrogens with one attached hydrogen (secondary N) is 1. The van der Waals surface area contributed by atoms with Gasteiger partial charge >= 0.3 is 5.91 Å². The molecule has 10 heteroatoms. The Labute approximate surface area is 190 Å². The standard InChI is InChI=1S/C22H15ClN6O2S/c1-13-25-19(26-29(13)16-9-7-15(23)8-10-16)20(30)27-28-12-24-21-18(22(28)31)17(11-32-21)14-5-3-2-4-6-14/h2-12H,1H3,(H,27,30). The highest BCUT2D eigenvalue weighted by molar-refractivity contribution is 7.17. The van der Waals surface area contributed by atoms with E-state index >= 15 is 0 Å². The lowest BCUT2D eigenvalue weighted by Gasteiger charge is -2.06. The summed E-state index contributed by atoms with van der Waals surface area (Å²) in [6.07, 6.45) is 1.29. The summed E-state index contributed by atoms with van der Waals surface area (Å²) in [5.74, 6) is -0.179. The third-order valence-corrected chi connectivity index (χ3v) is 5.98. The molecule has 5 aromatic rings. The van der Waals surface area contributed by atoms with E-state index in [0.717, 1.165) is 15.8 Å². The monoisotopic (exact) mass is 462 g/mol. The molecule has 5 rings (SSSR count). The minimum Gasteiger partial charge on any atom is -0.267 e. The second-order valence-corrected chi connectivity index (χ2v) is 8.22. The number of benzene rings is 2. The van der Waals surface area contributed by atoms with Crippen LogP contribution in [0.1, 0.15) is 16.4 Å². The van der Waals surface area contributed by atoms with Gasteiger partial charge in [0.05, 0.1) is 11.1 Å². The summed E-state index contributed by atoms with van der Waals surface area (Å²) in [4.78, 5) is 35.1. The van der Waals surface area contributed by atoms with Gasteiger partial charge in [-0.15, -0.1) is 16.4 Å². The number of thiophene rings is 1. The summed E-state index contributed by atoms with van der Waals surface area (Å²) in [5.41, 5.74) is 4.55. The zero-order chi connectivity index (χ0) is 22.2. The van der Waals surface area contributed by atoms with Crippen molar-refractivity contribution in [3.63, 3.8) is 0 Å². The maximum atomic E-state index is 13.1. The van der Waals surface area contributed by atoms with Gasteiger partial charge in [-0.2, -0.15) is 0 Å². The van der Waals surface area contributed by atoms with E-state index in [1.807, 2.05) is 35.7 Å². The Morgan fingerprint density at radius 1 is 1.09 bits per heavy atom. The summed E-state index contributed by atoms with van der Waals surface area (Å²) < 4.78 is 2.59. The van der Waals surface area contributed by atoms with E-state index in [-0.39, 0.29) is 11.4 Å². The quantitative estimate of drug-likeness (QED) is 0.434. The number of aromatic nitrogens is 5. The van der Waals surface area contributed by atoms with Gasteiger partial charge in [-0.1, -0.05) is 41.9 Å². The minimum absolute atomic E-state index is 0.0713. The van der Waals surface area contributed by atoms with E-state index < -0.39 is 5.91 Å². The number of aryl methyl sites for hydroxylation is 1. The molecule has 0 saturated heterocycles. The van der Waals surface area contributed by atoms with Crippen molar-refractivity contribution in [3.8, 4) is 16.8 Å². The molecule has 0 bridgehead atoms. The van der Waals surface area contributed by atoms with E-state index in [4.69, 9.17) is 11.6 Å². The molecule has 0 aliphatic carbocycles. The fourth-order valence-electron chi connectivity index (χ4n) is 3.31. The lowest BCUT2D eigenvalue weighted by molar-refractivity contribution is 0.0997. The fraction of sp³-hybridized carbons (Fsp3) is 0.0455. The normalized spacial score (nSPS) is 11.1. The number of halogens is 1. The number of carbonyl (C=O) groups excluding carboxylic acids is 1. The molecule has 1 amide bonds. The van der Waals surface area contributed by atoms with Gasteiger partial charge in [-0.3, -0.25) is 15.0 Å². The van der Waals surface area contributed by atoms with Crippen molar-refractivity contribution in [1.29, 1.82) is 0 Å². The van der Waals surface area contributed by atoms with Crippen LogP contribution in [0, 0.1) is 6.92 Å². The summed E-state index contributed by atoms with van der Waals surface area (Å²) in [7, 11) is 0. The highest BCUT2D eigenvalue weighted by Gasteiger charge is 2.18. The number of hydrogen-bond donors (Lipinski definition) is 1. The van der Waals surface area contributed by atoms with Crippen molar-refractivity contribution >= 4 is 39.1 Å². The Morgan fingerprint density at radius 3 is 2.59 bits per heavy atom. The maximum absolute atomic E-state index is 13.1. The number of nitrogens with zero attached hydrogens (tertiary/aromatic N) is 5. The zero-order valence-electron chi connectivity index (χ0n) is 16.7. The molecule has 0 atom stereocenters. The molecule has 3 heterocycles. The lowest BCUT2D eigenvalue weighted by Crippen LogP contribution is -2.33. The van der Waals surface area contributed by atoms with Crippen LogP contribution in [0.15, 0.2) is 71.1 Å². The van der Waals surface area contributed by atoms with Gasteiger partial charge in [0.25, 0.3) is 5.56 Å². The minimum atomic E-state index is -0.624. The first-order valence-electron chi connectivity index (χ1n) is 9.56. The molecule has 0 aliphatic heterocycles. The van der Waals surface area contributed by atoms with Gasteiger partial charge in [-0.25, -0.2) is 19.3 Å². The third-order valence-electron chi connectivity index (χ3n) is 4.84. The van der Waals surface area contributed by atoms with E-state index in [1.165, 1.54) is 22.3 Å². The largest absolute Gasteiger partial charge is 0.309 e. The Hall–Kier alpha value is -3.82. The average Bonchev–Trinajstić information content (AvgIpc) is 3.41. The van der Waals surface area contributed by atoms with Crippen LogP contribution in [0.4, 0.5) is 0 Å². The summed E-state index contributed by atoms with van der Waals surface area (Å²) in [6, 6.07) is 16.6. The molecule has 0 radical (unpaired) electrons. The van der Waals surface area contributed by atoms with Crippen molar-refractivity contribution in [3.05, 3.63) is 93.3 Å². The van der Waals surface area contributed by atoms with Crippen LogP contribution in [0.25, 0.3) is 27.0 Å². The van der Waals surface area contributed by atoms with Crippen LogP contribution in [0.2, 0.25) is 5.02 Å². The molecule has 2 aromatic carbocycles. The highest BCUT2D eigenvalue weighted by atomic mass is 35.5. The Kier molecular flexibility index (Phi) is 5.04. The molecule has 3 aromatic heterocycles. The van der Waals surface area contributed by atoms with Gasteiger partial charge < -0.3 is 0 Å². The lowest BCUT2D eigenvalue weighted by atomic mass is 10.1. The van der Waals surface area contributed by atoms with E-state index in [1.54, 1.807) is 31.2 Å². The molecule has 0 aliphatic rings. The van der Waals surface area contributed by atoms with Crippen LogP contribution < -0.4 is 11.0 Å². The van der Waals surface area contributed by atoms with Crippen LogP contribution in [-0.4, -0.2) is 30.3 Å². The van der Waals surface area contributed by atoms with Crippen molar-refractivity contribution in [2.75, 3.05) is 5.43 Å². The van der Waals surface area contributed by atoms with Crippen LogP contribution in [0.3, 0.4) is 0 Å². The molecular weight excluding hydrogens is 448 g/mol. The average molecular weight is 463 g/mol. The van der Waals surface area contributed by atoms with Crippen LogP contribution >= 0.6 is 22.9 Å². The first-order chi connectivity index (χ1) is 15.5. The Morgan fingerprint density at radius 2 is 1.84 bits per heavy atom. The molecule has 8 nitrogen and oxygen atoms in total. The van der Waals surface area contributed by atoms with E-state index in [0.29, 0.717) is 26.8 Å². The van der Waals surface area contributed by atoms with Gasteiger partial charge in [0, 0.05) is 16.0 Å². The molecule has 32 heavy (non-hydrogen) atoms. The van der Waals surface area contributed by atoms with Gasteiger partial charge in [0.1, 0.15) is 17.0 Å². The Bertz CT molecular complexity index is 1510.